The lowest BCUT2D eigenvalue weighted by Crippen LogP contribution is -2.00. The van der Waals surface area contributed by atoms with Gasteiger partial charge in [0.25, 0.3) is 0 Å². The minimum Gasteiger partial charge on any atom is -0.339 e. The quantitative estimate of drug-likeness (QED) is 0.460. The van der Waals surface area contributed by atoms with Gasteiger partial charge in [0.05, 0.1) is 10.7 Å². The van der Waals surface area contributed by atoms with E-state index in [1.165, 1.54) is 0 Å². The monoisotopic (exact) mass is 400 g/mol. The van der Waals surface area contributed by atoms with E-state index in [0.717, 1.165) is 16.9 Å². The second-order valence-corrected chi connectivity index (χ2v) is 5.72. The van der Waals surface area contributed by atoms with Crippen LogP contribution < -0.4 is 10.6 Å². The van der Waals surface area contributed by atoms with E-state index in [1.807, 2.05) is 48.5 Å². The summed E-state index contributed by atoms with van der Waals surface area (Å²) in [5, 5.41) is 20.8. The van der Waals surface area contributed by atoms with E-state index in [4.69, 9.17) is 11.6 Å². The minimum absolute atomic E-state index is 0. The number of rotatable bonds is 5. The highest BCUT2D eigenvalue weighted by molar-refractivity contribution is 6.33. The molecule has 0 saturated heterocycles. The Kier molecular flexibility index (Phi) is 5.80. The normalized spacial score (nSPS) is 10.1. The SMILES string of the molecule is Cl.Clc1ccccc1Nc1ccnc(Nc2ccc(-c3nn[nH]n3)cc2)n1. The van der Waals surface area contributed by atoms with Crippen molar-refractivity contribution in [1.29, 1.82) is 0 Å². The molecular weight excluding hydrogens is 387 g/mol. The Morgan fingerprint density at radius 1 is 0.926 bits per heavy atom. The van der Waals surface area contributed by atoms with Gasteiger partial charge in [-0.1, -0.05) is 23.7 Å². The van der Waals surface area contributed by atoms with E-state index in [2.05, 4.69) is 41.2 Å². The van der Waals surface area contributed by atoms with Crippen LogP contribution in [0, 0.1) is 0 Å². The Morgan fingerprint density at radius 3 is 2.48 bits per heavy atom. The van der Waals surface area contributed by atoms with Crippen LogP contribution in [0.3, 0.4) is 0 Å². The van der Waals surface area contributed by atoms with Gasteiger partial charge in [-0.2, -0.15) is 10.2 Å². The molecule has 0 aliphatic rings. The third kappa shape index (κ3) is 4.49. The number of aromatic amines is 1. The molecule has 8 nitrogen and oxygen atoms in total. The molecule has 136 valence electrons. The third-order valence-corrected chi connectivity index (χ3v) is 3.87. The number of para-hydroxylation sites is 1. The Morgan fingerprint density at radius 2 is 1.74 bits per heavy atom. The number of hydrogen-bond acceptors (Lipinski definition) is 7. The van der Waals surface area contributed by atoms with Crippen LogP contribution in [-0.2, 0) is 0 Å². The van der Waals surface area contributed by atoms with Gasteiger partial charge in [0.1, 0.15) is 5.82 Å². The van der Waals surface area contributed by atoms with E-state index in [9.17, 15) is 0 Å². The van der Waals surface area contributed by atoms with Crippen LogP contribution in [0.1, 0.15) is 0 Å². The molecule has 0 amide bonds. The van der Waals surface area contributed by atoms with Gasteiger partial charge in [-0.25, -0.2) is 4.98 Å². The van der Waals surface area contributed by atoms with Crippen LogP contribution in [0.5, 0.6) is 0 Å². The molecule has 4 rings (SSSR count). The Hall–Kier alpha value is -3.23. The van der Waals surface area contributed by atoms with Crippen LogP contribution in [0.4, 0.5) is 23.1 Å². The summed E-state index contributed by atoms with van der Waals surface area (Å²) in [6.07, 6.45) is 1.67. The summed E-state index contributed by atoms with van der Waals surface area (Å²) in [5.41, 5.74) is 2.48. The molecule has 27 heavy (non-hydrogen) atoms. The molecule has 0 aliphatic heterocycles. The summed E-state index contributed by atoms with van der Waals surface area (Å²) in [6, 6.07) is 16.8. The Labute approximate surface area is 165 Å². The molecule has 0 atom stereocenters. The van der Waals surface area contributed by atoms with Crippen LogP contribution in [0.2, 0.25) is 5.02 Å². The third-order valence-electron chi connectivity index (χ3n) is 3.54. The molecule has 2 aromatic carbocycles. The molecule has 0 unspecified atom stereocenters. The second kappa shape index (κ2) is 8.43. The standard InChI is InChI=1S/C17H13ClN8.ClH/c18-13-3-1-2-4-14(13)21-15-9-10-19-17(22-15)20-12-7-5-11(6-8-12)16-23-25-26-24-16;/h1-10H,(H2,19,20,21,22)(H,23,24,25,26);1H. The van der Waals surface area contributed by atoms with Crippen LogP contribution in [0.25, 0.3) is 11.4 Å². The van der Waals surface area contributed by atoms with Crippen LogP contribution in [0.15, 0.2) is 60.8 Å². The zero-order valence-corrected chi connectivity index (χ0v) is 15.4. The topological polar surface area (TPSA) is 104 Å². The van der Waals surface area contributed by atoms with Crippen molar-refractivity contribution in [3.8, 4) is 11.4 Å². The Bertz CT molecular complexity index is 1010. The maximum atomic E-state index is 6.16. The van der Waals surface area contributed by atoms with Gasteiger partial charge in [0.15, 0.2) is 0 Å². The first-order valence-corrected chi connectivity index (χ1v) is 8.11. The van der Waals surface area contributed by atoms with Gasteiger partial charge in [0.2, 0.25) is 11.8 Å². The number of anilines is 4. The van der Waals surface area contributed by atoms with E-state index in [1.54, 1.807) is 12.3 Å². The van der Waals surface area contributed by atoms with Crippen molar-refractivity contribution in [2.45, 2.75) is 0 Å². The average molecular weight is 401 g/mol. The maximum absolute atomic E-state index is 6.16. The minimum atomic E-state index is 0. The highest BCUT2D eigenvalue weighted by Gasteiger charge is 2.05. The highest BCUT2D eigenvalue weighted by atomic mass is 35.5. The van der Waals surface area contributed by atoms with E-state index in [0.29, 0.717) is 22.6 Å². The molecule has 0 spiro atoms. The smallest absolute Gasteiger partial charge is 0.229 e. The number of hydrogen-bond donors (Lipinski definition) is 3. The summed E-state index contributed by atoms with van der Waals surface area (Å²) in [4.78, 5) is 8.68. The van der Waals surface area contributed by atoms with Crippen molar-refractivity contribution in [2.24, 2.45) is 0 Å². The number of H-pyrrole nitrogens is 1. The first-order chi connectivity index (χ1) is 12.8. The zero-order chi connectivity index (χ0) is 17.8. The Balaban J connectivity index is 0.00000210. The number of benzene rings is 2. The predicted molar refractivity (Wildman–Crippen MR) is 107 cm³/mol. The number of tetrazole rings is 1. The number of nitrogens with one attached hydrogen (secondary N) is 3. The summed E-state index contributed by atoms with van der Waals surface area (Å²) in [6.45, 7) is 0. The molecule has 4 aromatic rings. The fourth-order valence-corrected chi connectivity index (χ4v) is 2.49. The van der Waals surface area contributed by atoms with Crippen molar-refractivity contribution in [3.05, 3.63) is 65.8 Å². The summed E-state index contributed by atoms with van der Waals surface area (Å²) in [5.74, 6) is 1.65. The number of halogens is 2. The van der Waals surface area contributed by atoms with Gasteiger partial charge in [-0.15, -0.1) is 22.6 Å². The van der Waals surface area contributed by atoms with Crippen molar-refractivity contribution in [1.82, 2.24) is 30.6 Å². The fraction of sp³-hybridized carbons (Fsp3) is 0. The predicted octanol–water partition coefficient (Wildman–Crippen LogP) is 4.22. The molecule has 0 radical (unpaired) electrons. The first-order valence-electron chi connectivity index (χ1n) is 7.73. The van der Waals surface area contributed by atoms with Gasteiger partial charge < -0.3 is 10.6 Å². The van der Waals surface area contributed by atoms with E-state index < -0.39 is 0 Å². The summed E-state index contributed by atoms with van der Waals surface area (Å²) < 4.78 is 0. The average Bonchev–Trinajstić information content (AvgIpc) is 3.19. The number of nitrogens with zero attached hydrogens (tertiary/aromatic N) is 5. The van der Waals surface area contributed by atoms with Crippen molar-refractivity contribution in [3.63, 3.8) is 0 Å². The molecule has 10 heteroatoms. The van der Waals surface area contributed by atoms with Gasteiger partial charge in [0, 0.05) is 17.4 Å². The summed E-state index contributed by atoms with van der Waals surface area (Å²) >= 11 is 6.16. The largest absolute Gasteiger partial charge is 0.339 e. The maximum Gasteiger partial charge on any atom is 0.229 e. The second-order valence-electron chi connectivity index (χ2n) is 5.31. The molecule has 0 fully saturated rings. The van der Waals surface area contributed by atoms with E-state index >= 15 is 0 Å². The molecule has 0 aliphatic carbocycles. The molecular formula is C17H14Cl2N8. The lowest BCUT2D eigenvalue weighted by Gasteiger charge is -2.09. The van der Waals surface area contributed by atoms with E-state index in [-0.39, 0.29) is 12.4 Å². The number of aromatic nitrogens is 6. The van der Waals surface area contributed by atoms with Gasteiger partial charge in [-0.05, 0) is 47.7 Å². The van der Waals surface area contributed by atoms with Crippen LogP contribution in [-0.4, -0.2) is 30.6 Å². The lowest BCUT2D eigenvalue weighted by molar-refractivity contribution is 0.881. The molecule has 2 aromatic heterocycles. The van der Waals surface area contributed by atoms with Crippen molar-refractivity contribution >= 4 is 47.1 Å². The van der Waals surface area contributed by atoms with Crippen LogP contribution >= 0.6 is 24.0 Å². The fourth-order valence-electron chi connectivity index (χ4n) is 2.30. The molecule has 2 heterocycles. The molecule has 0 saturated carbocycles. The van der Waals surface area contributed by atoms with Crippen molar-refractivity contribution in [2.75, 3.05) is 10.6 Å². The molecule has 0 bridgehead atoms. The molecule has 3 N–H and O–H groups in total. The summed E-state index contributed by atoms with van der Waals surface area (Å²) in [7, 11) is 0. The van der Waals surface area contributed by atoms with Gasteiger partial charge >= 0.3 is 0 Å². The van der Waals surface area contributed by atoms with Gasteiger partial charge in [-0.3, -0.25) is 0 Å². The zero-order valence-electron chi connectivity index (χ0n) is 13.8. The van der Waals surface area contributed by atoms with Crippen molar-refractivity contribution < 1.29 is 0 Å². The highest BCUT2D eigenvalue weighted by Crippen LogP contribution is 2.24. The lowest BCUT2D eigenvalue weighted by atomic mass is 10.2. The first kappa shape index (κ1) is 18.6.